The fourth-order valence-corrected chi connectivity index (χ4v) is 3.03. The molecule has 0 amide bonds. The van der Waals surface area contributed by atoms with E-state index in [9.17, 15) is 0 Å². The van der Waals surface area contributed by atoms with Crippen LogP contribution >= 0.6 is 11.3 Å². The highest BCUT2D eigenvalue weighted by molar-refractivity contribution is 7.15. The van der Waals surface area contributed by atoms with Gasteiger partial charge in [0.2, 0.25) is 0 Å². The Balaban J connectivity index is 2.82. The molecular formula is C15H29N3OS. The van der Waals surface area contributed by atoms with Gasteiger partial charge in [-0.2, -0.15) is 0 Å². The Bertz CT molecular complexity index is 379. The van der Waals surface area contributed by atoms with E-state index in [1.54, 1.807) is 18.4 Å². The molecule has 0 spiro atoms. The Morgan fingerprint density at radius 2 is 2.10 bits per heavy atom. The minimum atomic E-state index is 0.485. The molecule has 116 valence electrons. The van der Waals surface area contributed by atoms with Crippen molar-refractivity contribution in [3.05, 3.63) is 10.6 Å². The van der Waals surface area contributed by atoms with Gasteiger partial charge < -0.3 is 15.0 Å². The van der Waals surface area contributed by atoms with Crippen LogP contribution in [0.1, 0.15) is 51.1 Å². The minimum Gasteiger partial charge on any atom is -0.378 e. The number of anilines is 1. The largest absolute Gasteiger partial charge is 0.378 e. The maximum absolute atomic E-state index is 5.28. The summed E-state index contributed by atoms with van der Waals surface area (Å²) >= 11 is 1.80. The van der Waals surface area contributed by atoms with Crippen molar-refractivity contribution in [2.75, 3.05) is 25.1 Å². The molecule has 5 heteroatoms. The molecule has 0 aliphatic heterocycles. The van der Waals surface area contributed by atoms with Crippen molar-refractivity contribution < 1.29 is 4.74 Å². The van der Waals surface area contributed by atoms with Crippen LogP contribution in [-0.2, 0) is 17.9 Å². The zero-order valence-corrected chi connectivity index (χ0v) is 14.3. The first kappa shape index (κ1) is 17.4. The molecule has 0 radical (unpaired) electrons. The average Bonchev–Trinajstić information content (AvgIpc) is 2.81. The molecule has 1 aromatic rings. The summed E-state index contributed by atoms with van der Waals surface area (Å²) in [4.78, 5) is 8.45. The monoisotopic (exact) mass is 299 g/mol. The second kappa shape index (κ2) is 9.32. The number of thiazole rings is 1. The van der Waals surface area contributed by atoms with Gasteiger partial charge in [-0.05, 0) is 13.3 Å². The van der Waals surface area contributed by atoms with Crippen molar-refractivity contribution in [3.63, 3.8) is 0 Å². The van der Waals surface area contributed by atoms with Gasteiger partial charge in [-0.1, -0.05) is 27.2 Å². The number of nitrogens with one attached hydrogen (secondary N) is 1. The molecule has 0 aromatic carbocycles. The van der Waals surface area contributed by atoms with Gasteiger partial charge in [0.1, 0.15) is 0 Å². The first-order valence-electron chi connectivity index (χ1n) is 7.58. The zero-order valence-electron chi connectivity index (χ0n) is 13.5. The van der Waals surface area contributed by atoms with Gasteiger partial charge in [0.05, 0.1) is 12.3 Å². The molecule has 20 heavy (non-hydrogen) atoms. The third kappa shape index (κ3) is 5.38. The molecule has 0 unspecified atom stereocenters. The number of hydrogen-bond donors (Lipinski definition) is 1. The Kier molecular flexibility index (Phi) is 8.11. The van der Waals surface area contributed by atoms with Gasteiger partial charge in [0.25, 0.3) is 0 Å². The van der Waals surface area contributed by atoms with Crippen LogP contribution in [0.2, 0.25) is 0 Å². The highest BCUT2D eigenvalue weighted by Gasteiger charge is 2.15. The normalized spacial score (nSPS) is 11.3. The SMILES string of the molecule is CCCCN(CC)c1nc(COC)c(CNC(C)C)s1. The second-order valence-electron chi connectivity index (χ2n) is 5.27. The number of rotatable bonds is 10. The molecule has 0 saturated carbocycles. The Morgan fingerprint density at radius 1 is 1.35 bits per heavy atom. The van der Waals surface area contributed by atoms with E-state index in [0.717, 1.165) is 30.5 Å². The molecule has 0 atom stereocenters. The number of aromatic nitrogens is 1. The van der Waals surface area contributed by atoms with Crippen LogP contribution in [-0.4, -0.2) is 31.2 Å². The summed E-state index contributed by atoms with van der Waals surface area (Å²) in [5.74, 6) is 0. The first-order valence-corrected chi connectivity index (χ1v) is 8.39. The number of nitrogens with zero attached hydrogens (tertiary/aromatic N) is 2. The third-order valence-corrected chi connectivity index (χ3v) is 4.31. The maximum atomic E-state index is 5.28. The van der Waals surface area contributed by atoms with E-state index in [4.69, 9.17) is 9.72 Å². The Morgan fingerprint density at radius 3 is 2.65 bits per heavy atom. The number of hydrogen-bond acceptors (Lipinski definition) is 5. The number of methoxy groups -OCH3 is 1. The zero-order chi connectivity index (χ0) is 15.0. The van der Waals surface area contributed by atoms with E-state index in [-0.39, 0.29) is 0 Å². The van der Waals surface area contributed by atoms with Gasteiger partial charge in [0.15, 0.2) is 5.13 Å². The maximum Gasteiger partial charge on any atom is 0.185 e. The first-order chi connectivity index (χ1) is 9.62. The van der Waals surface area contributed by atoms with E-state index in [2.05, 4.69) is 37.9 Å². The summed E-state index contributed by atoms with van der Waals surface area (Å²) in [5.41, 5.74) is 1.08. The van der Waals surface area contributed by atoms with Gasteiger partial charge in [-0.15, -0.1) is 11.3 Å². The molecule has 1 heterocycles. The van der Waals surface area contributed by atoms with Crippen molar-refractivity contribution in [3.8, 4) is 0 Å². The van der Waals surface area contributed by atoms with E-state index in [0.29, 0.717) is 12.6 Å². The lowest BCUT2D eigenvalue weighted by molar-refractivity contribution is 0.181. The molecule has 1 N–H and O–H groups in total. The van der Waals surface area contributed by atoms with Crippen LogP contribution < -0.4 is 10.2 Å². The summed E-state index contributed by atoms with van der Waals surface area (Å²) < 4.78 is 5.28. The minimum absolute atomic E-state index is 0.485. The molecule has 1 aromatic heterocycles. The van der Waals surface area contributed by atoms with Crippen molar-refractivity contribution in [2.24, 2.45) is 0 Å². The van der Waals surface area contributed by atoms with Crippen LogP contribution in [0.4, 0.5) is 5.13 Å². The molecule has 0 bridgehead atoms. The lowest BCUT2D eigenvalue weighted by Crippen LogP contribution is -2.23. The number of unbranched alkanes of at least 4 members (excludes halogenated alkanes) is 1. The van der Waals surface area contributed by atoms with E-state index >= 15 is 0 Å². The molecule has 4 nitrogen and oxygen atoms in total. The predicted octanol–water partition coefficient (Wildman–Crippen LogP) is 3.41. The fraction of sp³-hybridized carbons (Fsp3) is 0.800. The van der Waals surface area contributed by atoms with Crippen molar-refractivity contribution in [2.45, 2.75) is 59.7 Å². The van der Waals surface area contributed by atoms with Crippen LogP contribution in [0.5, 0.6) is 0 Å². The van der Waals surface area contributed by atoms with Crippen molar-refractivity contribution in [1.29, 1.82) is 0 Å². The van der Waals surface area contributed by atoms with Crippen LogP contribution in [0.15, 0.2) is 0 Å². The summed E-state index contributed by atoms with van der Waals surface area (Å²) in [6, 6.07) is 0.485. The van der Waals surface area contributed by atoms with Crippen molar-refractivity contribution >= 4 is 16.5 Å². The highest BCUT2D eigenvalue weighted by atomic mass is 32.1. The van der Waals surface area contributed by atoms with E-state index in [1.165, 1.54) is 17.7 Å². The van der Waals surface area contributed by atoms with E-state index in [1.807, 2.05) is 0 Å². The Labute approximate surface area is 127 Å². The predicted molar refractivity (Wildman–Crippen MR) is 87.6 cm³/mol. The van der Waals surface area contributed by atoms with Gasteiger partial charge in [-0.25, -0.2) is 4.98 Å². The lowest BCUT2D eigenvalue weighted by atomic mass is 10.3. The molecule has 0 saturated heterocycles. The lowest BCUT2D eigenvalue weighted by Gasteiger charge is -2.19. The average molecular weight is 299 g/mol. The van der Waals surface area contributed by atoms with Crippen LogP contribution in [0.25, 0.3) is 0 Å². The van der Waals surface area contributed by atoms with Gasteiger partial charge in [0, 0.05) is 37.7 Å². The fourth-order valence-electron chi connectivity index (χ4n) is 1.93. The summed E-state index contributed by atoms with van der Waals surface area (Å²) in [7, 11) is 1.73. The molecule has 0 fully saturated rings. The van der Waals surface area contributed by atoms with Crippen LogP contribution in [0.3, 0.4) is 0 Å². The van der Waals surface area contributed by atoms with Gasteiger partial charge >= 0.3 is 0 Å². The quantitative estimate of drug-likeness (QED) is 0.718. The summed E-state index contributed by atoms with van der Waals surface area (Å²) in [6.07, 6.45) is 2.43. The standard InChI is InChI=1S/C15H29N3OS/c1-6-8-9-18(7-2)15-17-13(11-19-5)14(20-15)10-16-12(3)4/h12,16H,6-11H2,1-5H3. The van der Waals surface area contributed by atoms with Gasteiger partial charge in [-0.3, -0.25) is 0 Å². The van der Waals surface area contributed by atoms with Crippen LogP contribution in [0, 0.1) is 0 Å². The summed E-state index contributed by atoms with van der Waals surface area (Å²) in [6.45, 7) is 12.3. The second-order valence-corrected chi connectivity index (χ2v) is 6.33. The number of ether oxygens (including phenoxy) is 1. The highest BCUT2D eigenvalue weighted by Crippen LogP contribution is 2.27. The molecule has 0 aliphatic rings. The smallest absolute Gasteiger partial charge is 0.185 e. The molecular weight excluding hydrogens is 270 g/mol. The van der Waals surface area contributed by atoms with E-state index < -0.39 is 0 Å². The third-order valence-electron chi connectivity index (χ3n) is 3.15. The summed E-state index contributed by atoms with van der Waals surface area (Å²) in [5, 5.41) is 4.60. The molecule has 0 aliphatic carbocycles. The Hall–Kier alpha value is -0.650. The topological polar surface area (TPSA) is 37.4 Å². The van der Waals surface area contributed by atoms with Crippen molar-refractivity contribution in [1.82, 2.24) is 10.3 Å². The molecule has 1 rings (SSSR count).